The van der Waals surface area contributed by atoms with Gasteiger partial charge < -0.3 is 15.7 Å². The number of rotatable bonds is 7. The van der Waals surface area contributed by atoms with Crippen molar-refractivity contribution in [1.82, 2.24) is 15.1 Å². The molecule has 0 bridgehead atoms. The summed E-state index contributed by atoms with van der Waals surface area (Å²) < 4.78 is 39.9. The summed E-state index contributed by atoms with van der Waals surface area (Å²) in [5.41, 5.74) is 4.71. The zero-order chi connectivity index (χ0) is 23.8. The van der Waals surface area contributed by atoms with E-state index >= 15 is 0 Å². The zero-order valence-electron chi connectivity index (χ0n) is 18.6. The molecule has 7 nitrogen and oxygen atoms in total. The van der Waals surface area contributed by atoms with Crippen LogP contribution in [0.4, 0.5) is 19.0 Å². The number of anilines is 1. The molecule has 10 heteroatoms. The van der Waals surface area contributed by atoms with Gasteiger partial charge in [-0.3, -0.25) is 9.69 Å². The Morgan fingerprint density at radius 1 is 1.27 bits per heavy atom. The van der Waals surface area contributed by atoms with E-state index in [1.54, 1.807) is 4.90 Å². The molecule has 1 saturated carbocycles. The predicted molar refractivity (Wildman–Crippen MR) is 118 cm³/mol. The van der Waals surface area contributed by atoms with Crippen molar-refractivity contribution in [2.24, 2.45) is 11.7 Å². The number of nitrogens with two attached hydrogens (primary N) is 1. The van der Waals surface area contributed by atoms with Gasteiger partial charge in [-0.25, -0.2) is 0 Å². The molecule has 1 saturated heterocycles. The third-order valence-corrected chi connectivity index (χ3v) is 7.12. The number of likely N-dealkylation sites (tertiary alicyclic amines) is 1. The Morgan fingerprint density at radius 2 is 1.97 bits per heavy atom. The molecule has 33 heavy (non-hydrogen) atoms. The van der Waals surface area contributed by atoms with E-state index in [2.05, 4.69) is 15.1 Å². The standard InChI is InChI=1S/C23H30F3N5O2/c1-2-20(32)14-4-7-17(8-5-14)30-11-18(12-30)31(13-21(27)33)22-19-9-16(23(24,25)26)6-3-15(19)10-28-29-22/h3,6,9-10,14,17-18,20,32H,2,4-5,7-8,11-13H2,1H3,(H2,27,33)/t14?,17?,20-/m1/s1. The zero-order valence-corrected chi connectivity index (χ0v) is 18.6. The Bertz CT molecular complexity index is 988. The van der Waals surface area contributed by atoms with Gasteiger partial charge in [-0.05, 0) is 50.2 Å². The molecule has 3 N–H and O–H groups in total. The summed E-state index contributed by atoms with van der Waals surface area (Å²) in [6, 6.07) is 3.76. The molecule has 1 aliphatic heterocycles. The molecule has 0 spiro atoms. The molecule has 2 heterocycles. The van der Waals surface area contributed by atoms with Crippen molar-refractivity contribution in [2.45, 2.75) is 63.4 Å². The van der Waals surface area contributed by atoms with E-state index in [9.17, 15) is 23.1 Å². The second kappa shape index (κ2) is 9.42. The Balaban J connectivity index is 1.51. The Labute approximate surface area is 190 Å². The summed E-state index contributed by atoms with van der Waals surface area (Å²) in [4.78, 5) is 15.9. The average Bonchev–Trinajstić information content (AvgIpc) is 2.75. The number of aromatic nitrogens is 2. The van der Waals surface area contributed by atoms with Gasteiger partial charge >= 0.3 is 6.18 Å². The summed E-state index contributed by atoms with van der Waals surface area (Å²) in [6.07, 6.45) is 1.44. The van der Waals surface area contributed by atoms with Gasteiger partial charge in [-0.1, -0.05) is 13.0 Å². The van der Waals surface area contributed by atoms with Crippen molar-refractivity contribution in [2.75, 3.05) is 24.5 Å². The van der Waals surface area contributed by atoms with Gasteiger partial charge in [0.15, 0.2) is 5.82 Å². The second-order valence-electron chi connectivity index (χ2n) is 9.21. The van der Waals surface area contributed by atoms with Crippen molar-refractivity contribution in [1.29, 1.82) is 0 Å². The normalized spacial score (nSPS) is 23.3. The van der Waals surface area contributed by atoms with Crippen molar-refractivity contribution in [3.05, 3.63) is 30.0 Å². The number of aliphatic hydroxyl groups is 1. The lowest BCUT2D eigenvalue weighted by atomic mass is 9.80. The van der Waals surface area contributed by atoms with Crippen LogP contribution in [0, 0.1) is 5.92 Å². The van der Waals surface area contributed by atoms with Gasteiger partial charge in [0.2, 0.25) is 5.91 Å². The lowest BCUT2D eigenvalue weighted by Crippen LogP contribution is -2.64. The quantitative estimate of drug-likeness (QED) is 0.653. The number of aliphatic hydroxyl groups excluding tert-OH is 1. The molecule has 1 aliphatic carbocycles. The van der Waals surface area contributed by atoms with Crippen LogP contribution in [-0.2, 0) is 11.0 Å². The van der Waals surface area contributed by atoms with Gasteiger partial charge in [0.25, 0.3) is 0 Å². The molecule has 1 aromatic carbocycles. The number of nitrogens with zero attached hydrogens (tertiary/aromatic N) is 4. The third kappa shape index (κ3) is 5.06. The van der Waals surface area contributed by atoms with Crippen LogP contribution in [0.3, 0.4) is 0 Å². The number of hydrogen-bond acceptors (Lipinski definition) is 6. The largest absolute Gasteiger partial charge is 0.416 e. The number of amides is 1. The minimum Gasteiger partial charge on any atom is -0.393 e. The SMILES string of the molecule is CC[C@@H](O)C1CCC(N2CC(N(CC(N)=O)c3nncc4ccc(C(F)(F)F)cc34)C2)CC1. The number of hydrogen-bond donors (Lipinski definition) is 2. The van der Waals surface area contributed by atoms with Crippen LogP contribution >= 0.6 is 0 Å². The minimum absolute atomic E-state index is 0.0918. The number of carbonyl (C=O) groups is 1. The predicted octanol–water partition coefficient (Wildman–Crippen LogP) is 2.95. The van der Waals surface area contributed by atoms with E-state index in [4.69, 9.17) is 5.73 Å². The molecule has 2 aromatic rings. The van der Waals surface area contributed by atoms with Crippen molar-refractivity contribution < 1.29 is 23.1 Å². The Kier molecular flexibility index (Phi) is 6.76. The highest BCUT2D eigenvalue weighted by Crippen LogP contribution is 2.37. The summed E-state index contributed by atoms with van der Waals surface area (Å²) in [7, 11) is 0. The van der Waals surface area contributed by atoms with Gasteiger partial charge in [0.1, 0.15) is 0 Å². The average molecular weight is 466 g/mol. The molecule has 1 amide bonds. The van der Waals surface area contributed by atoms with Gasteiger partial charge in [-0.15, -0.1) is 5.10 Å². The lowest BCUT2D eigenvalue weighted by Gasteiger charge is -2.50. The van der Waals surface area contributed by atoms with Gasteiger partial charge in [0.05, 0.1) is 30.5 Å². The maximum atomic E-state index is 13.3. The molecule has 2 fully saturated rings. The maximum Gasteiger partial charge on any atom is 0.416 e. The molecule has 4 rings (SSSR count). The van der Waals surface area contributed by atoms with E-state index < -0.39 is 17.6 Å². The van der Waals surface area contributed by atoms with E-state index in [-0.39, 0.29) is 24.5 Å². The van der Waals surface area contributed by atoms with E-state index in [0.29, 0.717) is 35.8 Å². The molecule has 0 radical (unpaired) electrons. The molecule has 1 atom stereocenters. The first kappa shape index (κ1) is 23.7. The Morgan fingerprint density at radius 3 is 2.58 bits per heavy atom. The number of carbonyl (C=O) groups excluding carboxylic acids is 1. The van der Waals surface area contributed by atoms with Crippen molar-refractivity contribution >= 4 is 22.5 Å². The summed E-state index contributed by atoms with van der Waals surface area (Å²) >= 11 is 0. The van der Waals surface area contributed by atoms with Crippen molar-refractivity contribution in [3.63, 3.8) is 0 Å². The van der Waals surface area contributed by atoms with E-state index in [1.807, 2.05) is 6.92 Å². The summed E-state index contributed by atoms with van der Waals surface area (Å²) in [5, 5.41) is 19.0. The van der Waals surface area contributed by atoms with Crippen LogP contribution < -0.4 is 10.6 Å². The third-order valence-electron chi connectivity index (χ3n) is 7.12. The van der Waals surface area contributed by atoms with Crippen LogP contribution in [-0.4, -0.2) is 63.9 Å². The highest BCUT2D eigenvalue weighted by atomic mass is 19.4. The topological polar surface area (TPSA) is 95.6 Å². The molecular formula is C23H30F3N5O2. The first-order valence-electron chi connectivity index (χ1n) is 11.5. The number of benzene rings is 1. The Hall–Kier alpha value is -2.46. The molecule has 180 valence electrons. The van der Waals surface area contributed by atoms with Crippen LogP contribution in [0.2, 0.25) is 0 Å². The van der Waals surface area contributed by atoms with Crippen LogP contribution in [0.15, 0.2) is 24.4 Å². The number of halogens is 3. The monoisotopic (exact) mass is 465 g/mol. The number of alkyl halides is 3. The summed E-state index contributed by atoms with van der Waals surface area (Å²) in [6.45, 7) is 3.21. The highest BCUT2D eigenvalue weighted by molar-refractivity contribution is 5.93. The molecule has 1 aromatic heterocycles. The minimum atomic E-state index is -4.49. The first-order valence-corrected chi connectivity index (χ1v) is 11.5. The first-order chi connectivity index (χ1) is 15.7. The fraction of sp³-hybridized carbons (Fsp3) is 0.609. The highest BCUT2D eigenvalue weighted by Gasteiger charge is 2.40. The second-order valence-corrected chi connectivity index (χ2v) is 9.21. The smallest absolute Gasteiger partial charge is 0.393 e. The van der Waals surface area contributed by atoms with Crippen LogP contribution in [0.25, 0.3) is 10.8 Å². The molecular weight excluding hydrogens is 435 g/mol. The fourth-order valence-corrected chi connectivity index (χ4v) is 5.16. The maximum absolute atomic E-state index is 13.3. The number of primary amides is 1. The van der Waals surface area contributed by atoms with Crippen molar-refractivity contribution in [3.8, 4) is 0 Å². The van der Waals surface area contributed by atoms with E-state index in [1.165, 1.54) is 12.3 Å². The summed E-state index contributed by atoms with van der Waals surface area (Å²) in [5.74, 6) is 0.0218. The van der Waals surface area contributed by atoms with Gasteiger partial charge in [0, 0.05) is 29.9 Å². The van der Waals surface area contributed by atoms with E-state index in [0.717, 1.165) is 44.2 Å². The molecule has 2 aliphatic rings. The fourth-order valence-electron chi connectivity index (χ4n) is 5.16. The molecule has 0 unspecified atom stereocenters. The van der Waals surface area contributed by atoms with Gasteiger partial charge in [-0.2, -0.15) is 18.3 Å². The van der Waals surface area contributed by atoms with Crippen LogP contribution in [0.5, 0.6) is 0 Å². The number of fused-ring (bicyclic) bond motifs is 1. The lowest BCUT2D eigenvalue weighted by molar-refractivity contribution is -0.137. The van der Waals surface area contributed by atoms with Crippen LogP contribution in [0.1, 0.15) is 44.6 Å².